The topological polar surface area (TPSA) is 261 Å². The van der Waals surface area contributed by atoms with Gasteiger partial charge in [-0.15, -0.1) is 0 Å². The predicted octanol–water partition coefficient (Wildman–Crippen LogP) is 12.5. The highest BCUT2D eigenvalue weighted by atomic mass is 19.2. The molecular formula is C95H88F9N13O13. The Morgan fingerprint density at radius 3 is 0.815 bits per heavy atom. The van der Waals surface area contributed by atoms with Crippen LogP contribution in [0.15, 0.2) is 229 Å². The molecule has 6 heterocycles. The summed E-state index contributed by atoms with van der Waals surface area (Å²) in [5.74, 6) is -8.89. The monoisotopic (exact) mass is 1790 g/mol. The van der Waals surface area contributed by atoms with E-state index in [-0.39, 0.29) is 114 Å². The number of hydrogen-bond acceptors (Lipinski definition) is 17. The molecule has 0 aliphatic heterocycles. The van der Waals surface area contributed by atoms with Gasteiger partial charge in [0, 0.05) is 121 Å². The number of hydrogen-bond donors (Lipinski definition) is 1. The molecule has 15 rings (SSSR count). The van der Waals surface area contributed by atoms with Crippen LogP contribution in [0, 0.1) is 52.4 Å². The number of aromatic nitrogens is 9. The Bertz CT molecular complexity index is 6880. The van der Waals surface area contributed by atoms with Crippen molar-refractivity contribution in [2.45, 2.75) is 52.1 Å². The van der Waals surface area contributed by atoms with Crippen molar-refractivity contribution in [3.63, 3.8) is 0 Å². The van der Waals surface area contributed by atoms with Gasteiger partial charge in [0.15, 0.2) is 46.3 Å². The summed E-state index contributed by atoms with van der Waals surface area (Å²) in [6.45, 7) is -1.09. The summed E-state index contributed by atoms with van der Waals surface area (Å²) in [4.78, 5) is 114. The molecule has 0 radical (unpaired) electrons. The first-order valence-electron chi connectivity index (χ1n) is 40.2. The fourth-order valence-electron chi connectivity index (χ4n) is 15.4. The fraction of sp³-hybridized carbons (Fsp3) is 0.221. The van der Waals surface area contributed by atoms with Crippen molar-refractivity contribution >= 4 is 33.8 Å². The van der Waals surface area contributed by atoms with Gasteiger partial charge in [-0.3, -0.25) is 37.5 Å². The van der Waals surface area contributed by atoms with Crippen molar-refractivity contribution in [3.8, 4) is 67.7 Å². The summed E-state index contributed by atoms with van der Waals surface area (Å²) >= 11 is 0. The number of nitrogens with two attached hydrogens (primary N) is 1. The second-order valence-electron chi connectivity index (χ2n) is 31.1. The minimum absolute atomic E-state index is 0.0108. The minimum Gasteiger partial charge on any atom is -0.494 e. The summed E-state index contributed by atoms with van der Waals surface area (Å²) in [6, 6.07) is 43.3. The van der Waals surface area contributed by atoms with Gasteiger partial charge in [-0.25, -0.2) is 81.6 Å². The molecule has 0 saturated heterocycles. The maximum atomic E-state index is 15.6. The molecule has 0 aliphatic rings. The van der Waals surface area contributed by atoms with Crippen molar-refractivity contribution in [2.24, 2.45) is 0 Å². The maximum Gasteiger partial charge on any atom is 0.351 e. The largest absolute Gasteiger partial charge is 0.494 e. The number of ketones is 2. The van der Waals surface area contributed by atoms with E-state index in [1.54, 1.807) is 134 Å². The van der Waals surface area contributed by atoms with E-state index in [0.717, 1.165) is 61.6 Å². The molecule has 0 saturated carbocycles. The number of nitrogen functional groups attached to an aromatic ring is 1. The summed E-state index contributed by atoms with van der Waals surface area (Å²) in [5.41, 5.74) is 5.39. The summed E-state index contributed by atoms with van der Waals surface area (Å²) in [7, 11) is 17.4. The Kier molecular flexibility index (Phi) is 28.4. The number of ether oxygens (including phenoxy) is 5. The van der Waals surface area contributed by atoms with E-state index in [0.29, 0.717) is 69.5 Å². The standard InChI is InChI=1S/2C33H31F3N4O5.C29H26F3N5O3/c2*1-37(2)16-24-23(21-13-11-20(12-14-21)15-22(41)19-44-3)17-38-31(24)32(42)40(28-9-6-10-29(45-4)30(28)36)33(43)39(38)18-25-26(34)7-5-8-27(25)35;1-34(2)14-20-19(17-10-12-18(33)13-11-17)15-35-27(20)28(38)37(24-8-5-9-25(40-3)26(24)32)29(39)36(35)16-21-22(30)6-4-7-23(21)31/h2*5-14,17H,15-16,18-19H2,1-4H3;4-13,15H,14,16,33H2,1-3H3. The lowest BCUT2D eigenvalue weighted by atomic mass is 10.0. The molecule has 9 aromatic carbocycles. The first-order valence-corrected chi connectivity index (χ1v) is 40.2. The average molecular weight is 1790 g/mol. The number of anilines is 1. The van der Waals surface area contributed by atoms with Gasteiger partial charge in [0.1, 0.15) is 64.7 Å². The minimum atomic E-state index is -1.02. The molecule has 0 aliphatic carbocycles. The number of nitrogens with zero attached hydrogens (tertiary/aromatic N) is 12. The van der Waals surface area contributed by atoms with Crippen molar-refractivity contribution in [3.05, 3.63) is 360 Å². The normalized spacial score (nSPS) is 11.5. The predicted molar refractivity (Wildman–Crippen MR) is 472 cm³/mol. The highest BCUT2D eigenvalue weighted by Crippen LogP contribution is 2.36. The van der Waals surface area contributed by atoms with E-state index in [4.69, 9.17) is 29.4 Å². The van der Waals surface area contributed by atoms with Gasteiger partial charge in [-0.1, -0.05) is 97.1 Å². The molecule has 26 nitrogen and oxygen atoms in total. The van der Waals surface area contributed by atoms with Gasteiger partial charge < -0.3 is 44.1 Å². The molecule has 0 amide bonds. The average Bonchev–Trinajstić information content (AvgIpc) is 1.56. The number of Topliss-reactive ketones (excluding diaryl/α,β-unsaturated/α-hetero) is 2. The lowest BCUT2D eigenvalue weighted by molar-refractivity contribution is -0.122. The molecule has 0 fully saturated rings. The van der Waals surface area contributed by atoms with E-state index in [9.17, 15) is 64.7 Å². The van der Waals surface area contributed by atoms with E-state index in [2.05, 4.69) is 0 Å². The summed E-state index contributed by atoms with van der Waals surface area (Å²) in [5, 5.41) is 0. The molecule has 674 valence electrons. The van der Waals surface area contributed by atoms with Crippen molar-refractivity contribution in [2.75, 3.05) is 96.8 Å². The van der Waals surface area contributed by atoms with Gasteiger partial charge in [-0.05, 0) is 155 Å². The van der Waals surface area contributed by atoms with Gasteiger partial charge >= 0.3 is 17.1 Å². The highest BCUT2D eigenvalue weighted by molar-refractivity contribution is 5.84. The fourth-order valence-corrected chi connectivity index (χ4v) is 15.4. The number of halogens is 9. The molecule has 0 unspecified atom stereocenters. The van der Waals surface area contributed by atoms with E-state index in [1.165, 1.54) is 122 Å². The third-order valence-electron chi connectivity index (χ3n) is 21.4. The molecule has 130 heavy (non-hydrogen) atoms. The number of carbonyl (C=O) groups excluding carboxylic acids is 2. The van der Waals surface area contributed by atoms with Gasteiger partial charge in [-0.2, -0.15) is 0 Å². The molecule has 2 N–H and O–H groups in total. The van der Waals surface area contributed by atoms with E-state index >= 15 is 13.2 Å². The van der Waals surface area contributed by atoms with Gasteiger partial charge in [0.25, 0.3) is 16.7 Å². The van der Waals surface area contributed by atoms with Crippen LogP contribution in [0.5, 0.6) is 17.2 Å². The van der Waals surface area contributed by atoms with Crippen LogP contribution in [-0.2, 0) is 71.2 Å². The summed E-state index contributed by atoms with van der Waals surface area (Å²) in [6.07, 6.45) is 5.00. The smallest absolute Gasteiger partial charge is 0.351 e. The van der Waals surface area contributed by atoms with Crippen LogP contribution in [0.2, 0.25) is 0 Å². The number of methoxy groups -OCH3 is 5. The Labute approximate surface area is 735 Å². The molecule has 15 aromatic rings. The van der Waals surface area contributed by atoms with Crippen LogP contribution in [-0.4, -0.2) is 159 Å². The number of rotatable bonds is 29. The second-order valence-corrected chi connectivity index (χ2v) is 31.1. The van der Waals surface area contributed by atoms with Gasteiger partial charge in [0.2, 0.25) is 0 Å². The van der Waals surface area contributed by atoms with Crippen molar-refractivity contribution in [1.29, 1.82) is 0 Å². The Hall–Kier alpha value is -14.7. The third-order valence-corrected chi connectivity index (χ3v) is 21.4. The Morgan fingerprint density at radius 2 is 0.577 bits per heavy atom. The molecule has 0 spiro atoms. The van der Waals surface area contributed by atoms with Crippen molar-refractivity contribution < 1.29 is 72.8 Å². The first kappa shape index (κ1) is 93.0. The zero-order chi connectivity index (χ0) is 93.5. The van der Waals surface area contributed by atoms with Crippen LogP contribution >= 0.6 is 0 Å². The maximum absolute atomic E-state index is 15.6. The third kappa shape index (κ3) is 18.9. The van der Waals surface area contributed by atoms with Crippen LogP contribution in [0.25, 0.3) is 67.0 Å². The summed E-state index contributed by atoms with van der Waals surface area (Å²) < 4.78 is 169. The van der Waals surface area contributed by atoms with Crippen molar-refractivity contribution in [1.82, 2.24) is 56.0 Å². The number of carbonyl (C=O) groups is 2. The number of fused-ring (bicyclic) bond motifs is 3. The highest BCUT2D eigenvalue weighted by Gasteiger charge is 2.31. The first-order chi connectivity index (χ1) is 62.2. The van der Waals surface area contributed by atoms with E-state index < -0.39 is 117 Å². The number of benzene rings is 9. The Morgan fingerprint density at radius 1 is 0.331 bits per heavy atom. The molecule has 35 heteroatoms. The van der Waals surface area contributed by atoms with E-state index in [1.807, 2.05) is 14.7 Å². The van der Waals surface area contributed by atoms with Crippen LogP contribution < -0.4 is 53.7 Å². The SMILES string of the molecule is COCC(=O)Cc1ccc(-c2cn3c(c2CN(C)C)c(=O)n(-c2cccc(OC)c2F)c(=O)n3Cc2c(F)cccc2F)cc1.COCC(=O)Cc1ccc(-c2cn3c(c2CN(C)C)c(=O)n(-c2cccc(OC)c2F)c(=O)n3Cc2c(F)cccc2F)cc1.COc1cccc(-n2c(=O)c3c(CN(C)C)c(-c4ccc(N)cc4)cn3n(Cc3c(F)cccc3F)c2=O)c1F. The van der Waals surface area contributed by atoms with Crippen LogP contribution in [0.3, 0.4) is 0 Å². The lowest BCUT2D eigenvalue weighted by Crippen LogP contribution is -2.43. The molecule has 6 aromatic heterocycles. The molecular weight excluding hydrogens is 1700 g/mol. The Balaban J connectivity index is 0.000000167. The lowest BCUT2D eigenvalue weighted by Gasteiger charge is -2.17. The van der Waals surface area contributed by atoms with Gasteiger partial charge in [0.05, 0.1) is 58.0 Å². The zero-order valence-corrected chi connectivity index (χ0v) is 72.3. The quantitative estimate of drug-likeness (QED) is 0.0337. The van der Waals surface area contributed by atoms with Crippen LogP contribution in [0.1, 0.15) is 44.5 Å². The van der Waals surface area contributed by atoms with Crippen LogP contribution in [0.4, 0.5) is 45.2 Å². The molecule has 0 bridgehead atoms. The second kappa shape index (κ2) is 39.7. The zero-order valence-electron chi connectivity index (χ0n) is 72.3. The molecule has 0 atom stereocenters.